The van der Waals surface area contributed by atoms with Gasteiger partial charge in [0, 0.05) is 39.1 Å². The largest absolute Gasteiger partial charge is 0.354 e. The number of nitrogens with zero attached hydrogens (tertiary/aromatic N) is 2. The highest BCUT2D eigenvalue weighted by Gasteiger charge is 2.19. The predicted octanol–water partition coefficient (Wildman–Crippen LogP) is 3.44. The van der Waals surface area contributed by atoms with Gasteiger partial charge in [0.25, 0.3) is 0 Å². The number of amides is 1. The van der Waals surface area contributed by atoms with Crippen LogP contribution in [0.4, 0.5) is 0 Å². The second-order valence-electron chi connectivity index (χ2n) is 7.20. The molecule has 0 saturated carbocycles. The Morgan fingerprint density at radius 3 is 2.58 bits per heavy atom. The third kappa shape index (κ3) is 6.70. The average Bonchev–Trinajstić information content (AvgIpc) is 3.04. The third-order valence-electron chi connectivity index (χ3n) is 4.88. The van der Waals surface area contributed by atoms with Gasteiger partial charge in [0.05, 0.1) is 0 Å². The normalized spacial score (nSPS) is 16.0. The number of benzene rings is 1. The fourth-order valence-corrected chi connectivity index (χ4v) is 3.24. The second kappa shape index (κ2) is 10.8. The molecule has 1 aliphatic heterocycles. The van der Waals surface area contributed by atoms with Crippen molar-refractivity contribution in [3.63, 3.8) is 0 Å². The molecule has 0 radical (unpaired) electrons. The van der Waals surface area contributed by atoms with Crippen molar-refractivity contribution in [1.29, 1.82) is 0 Å². The maximum atomic E-state index is 11.7. The van der Waals surface area contributed by atoms with Gasteiger partial charge in [-0.15, -0.1) is 0 Å². The van der Waals surface area contributed by atoms with Crippen LogP contribution in [-0.4, -0.2) is 36.4 Å². The lowest BCUT2D eigenvalue weighted by atomic mass is 10.1. The fraction of sp³-hybridized carbons (Fsp3) is 0.619. The summed E-state index contributed by atoms with van der Waals surface area (Å²) in [5.41, 5.74) is 2.40. The number of hydrogen-bond acceptors (Lipinski definition) is 2. The molecule has 144 valence electrons. The van der Waals surface area contributed by atoms with Crippen LogP contribution in [0.15, 0.2) is 29.3 Å². The molecule has 0 spiro atoms. The zero-order valence-electron chi connectivity index (χ0n) is 16.6. The van der Waals surface area contributed by atoms with Crippen LogP contribution in [0, 0.1) is 0 Å². The van der Waals surface area contributed by atoms with E-state index in [-0.39, 0.29) is 5.91 Å². The van der Waals surface area contributed by atoms with Crippen LogP contribution in [0.25, 0.3) is 0 Å². The minimum atomic E-state index is 0.277. The minimum Gasteiger partial charge on any atom is -0.354 e. The predicted molar refractivity (Wildman–Crippen MR) is 108 cm³/mol. The Morgan fingerprint density at radius 1 is 1.23 bits per heavy atom. The number of carbonyl (C=O) groups is 1. The lowest BCUT2D eigenvalue weighted by Gasteiger charge is -2.18. The van der Waals surface area contributed by atoms with E-state index in [0.29, 0.717) is 12.5 Å². The topological polar surface area (TPSA) is 56.7 Å². The Kier molecular flexibility index (Phi) is 8.45. The summed E-state index contributed by atoms with van der Waals surface area (Å²) in [5.74, 6) is 1.12. The molecule has 2 N–H and O–H groups in total. The van der Waals surface area contributed by atoms with Crippen LogP contribution in [0.2, 0.25) is 0 Å². The summed E-state index contributed by atoms with van der Waals surface area (Å²) in [7, 11) is 1.81. The van der Waals surface area contributed by atoms with Gasteiger partial charge in [0.1, 0.15) is 0 Å². The zero-order chi connectivity index (χ0) is 18.8. The van der Waals surface area contributed by atoms with E-state index in [1.165, 1.54) is 36.8 Å². The van der Waals surface area contributed by atoms with Crippen LogP contribution in [0.5, 0.6) is 0 Å². The van der Waals surface area contributed by atoms with Crippen molar-refractivity contribution in [2.45, 2.75) is 71.5 Å². The Hall–Kier alpha value is -2.04. The minimum absolute atomic E-state index is 0.277. The van der Waals surface area contributed by atoms with E-state index in [0.717, 1.165) is 32.0 Å². The van der Waals surface area contributed by atoms with Crippen molar-refractivity contribution in [2.75, 3.05) is 13.6 Å². The summed E-state index contributed by atoms with van der Waals surface area (Å²) in [6, 6.07) is 8.91. The van der Waals surface area contributed by atoms with Crippen molar-refractivity contribution in [2.24, 2.45) is 4.99 Å². The van der Waals surface area contributed by atoms with Gasteiger partial charge in [-0.3, -0.25) is 9.79 Å². The maximum absolute atomic E-state index is 11.7. The molecule has 0 bridgehead atoms. The maximum Gasteiger partial charge on any atom is 0.222 e. The van der Waals surface area contributed by atoms with E-state index < -0.39 is 0 Å². The summed E-state index contributed by atoms with van der Waals surface area (Å²) in [4.78, 5) is 18.0. The van der Waals surface area contributed by atoms with Gasteiger partial charge in [-0.25, -0.2) is 0 Å². The molecule has 0 aliphatic carbocycles. The molecule has 26 heavy (non-hydrogen) atoms. The highest BCUT2D eigenvalue weighted by atomic mass is 16.2. The van der Waals surface area contributed by atoms with E-state index in [1.54, 1.807) is 0 Å². The van der Waals surface area contributed by atoms with Crippen molar-refractivity contribution >= 4 is 11.9 Å². The molecule has 1 unspecified atom stereocenters. The molecule has 1 aromatic rings. The number of rotatable bonds is 9. The molecule has 0 aromatic heterocycles. The van der Waals surface area contributed by atoms with Gasteiger partial charge in [-0.1, -0.05) is 50.5 Å². The molecular weight excluding hydrogens is 324 g/mol. The van der Waals surface area contributed by atoms with Crippen LogP contribution in [0.1, 0.15) is 63.5 Å². The Morgan fingerprint density at radius 2 is 1.96 bits per heavy atom. The van der Waals surface area contributed by atoms with Gasteiger partial charge in [-0.05, 0) is 30.9 Å². The first-order chi connectivity index (χ1) is 12.6. The van der Waals surface area contributed by atoms with Crippen molar-refractivity contribution in [1.82, 2.24) is 15.5 Å². The fourth-order valence-electron chi connectivity index (χ4n) is 3.24. The molecule has 1 heterocycles. The second-order valence-corrected chi connectivity index (χ2v) is 7.20. The first kappa shape index (κ1) is 20.3. The SMILES string of the molecule is CCCCCC(C)NC(=NC)NCc1ccc(CN2CCCC2=O)cc1. The smallest absolute Gasteiger partial charge is 0.222 e. The van der Waals surface area contributed by atoms with Crippen LogP contribution in [0.3, 0.4) is 0 Å². The van der Waals surface area contributed by atoms with Crippen molar-refractivity contribution < 1.29 is 4.79 Å². The summed E-state index contributed by atoms with van der Waals surface area (Å²) in [5, 5.41) is 6.84. The third-order valence-corrected chi connectivity index (χ3v) is 4.88. The van der Waals surface area contributed by atoms with Gasteiger partial charge < -0.3 is 15.5 Å². The molecule has 1 aromatic carbocycles. The number of hydrogen-bond donors (Lipinski definition) is 2. The van der Waals surface area contributed by atoms with Crippen LogP contribution >= 0.6 is 0 Å². The molecule has 1 amide bonds. The standard InChI is InChI=1S/C21H34N4O/c1-4-5-6-8-17(2)24-21(22-3)23-15-18-10-12-19(13-11-18)16-25-14-7-9-20(25)26/h10-13,17H,4-9,14-16H2,1-3H3,(H2,22,23,24). The van der Waals surface area contributed by atoms with Crippen LogP contribution < -0.4 is 10.6 Å². The summed E-state index contributed by atoms with van der Waals surface area (Å²) >= 11 is 0. The Balaban J connectivity index is 1.76. The average molecular weight is 359 g/mol. The molecule has 2 rings (SSSR count). The Bertz CT molecular complexity index is 582. The number of aliphatic imine (C=N–C) groups is 1. The van der Waals surface area contributed by atoms with Gasteiger partial charge in [-0.2, -0.15) is 0 Å². The van der Waals surface area contributed by atoms with E-state index in [1.807, 2.05) is 11.9 Å². The summed E-state index contributed by atoms with van der Waals surface area (Å²) < 4.78 is 0. The van der Waals surface area contributed by atoms with Gasteiger partial charge in [0.2, 0.25) is 5.91 Å². The molecule has 5 nitrogen and oxygen atoms in total. The Labute approximate surface area is 158 Å². The molecule has 1 atom stereocenters. The van der Waals surface area contributed by atoms with Crippen LogP contribution in [-0.2, 0) is 17.9 Å². The van der Waals surface area contributed by atoms with E-state index in [4.69, 9.17) is 0 Å². The van der Waals surface area contributed by atoms with Gasteiger partial charge >= 0.3 is 0 Å². The summed E-state index contributed by atoms with van der Waals surface area (Å²) in [6.45, 7) is 6.79. The lowest BCUT2D eigenvalue weighted by Crippen LogP contribution is -2.41. The lowest BCUT2D eigenvalue weighted by molar-refractivity contribution is -0.128. The molecule has 1 fully saturated rings. The zero-order valence-corrected chi connectivity index (χ0v) is 16.6. The molecule has 1 aliphatic rings. The first-order valence-corrected chi connectivity index (χ1v) is 9.95. The summed E-state index contributed by atoms with van der Waals surface area (Å²) in [6.07, 6.45) is 6.64. The monoisotopic (exact) mass is 358 g/mol. The van der Waals surface area contributed by atoms with Crippen molar-refractivity contribution in [3.05, 3.63) is 35.4 Å². The van der Waals surface area contributed by atoms with Crippen molar-refractivity contribution in [3.8, 4) is 0 Å². The molecule has 5 heteroatoms. The highest BCUT2D eigenvalue weighted by molar-refractivity contribution is 5.80. The molecule has 1 saturated heterocycles. The van der Waals surface area contributed by atoms with Gasteiger partial charge in [0.15, 0.2) is 5.96 Å². The number of likely N-dealkylation sites (tertiary alicyclic amines) is 1. The molecular formula is C21H34N4O. The van der Waals surface area contributed by atoms with E-state index >= 15 is 0 Å². The number of nitrogens with one attached hydrogen (secondary N) is 2. The van der Waals surface area contributed by atoms with E-state index in [9.17, 15) is 4.79 Å². The highest BCUT2D eigenvalue weighted by Crippen LogP contribution is 2.14. The quantitative estimate of drug-likeness (QED) is 0.404. The number of guanidine groups is 1. The first-order valence-electron chi connectivity index (χ1n) is 9.95. The van der Waals surface area contributed by atoms with E-state index in [2.05, 4.69) is 53.7 Å². The number of carbonyl (C=O) groups excluding carboxylic acids is 1. The number of unbranched alkanes of at least 4 members (excludes halogenated alkanes) is 2.